The molecule has 0 bridgehead atoms. The summed E-state index contributed by atoms with van der Waals surface area (Å²) in [6.07, 6.45) is 2.32. The number of esters is 1. The van der Waals surface area contributed by atoms with Crippen LogP contribution in [0.3, 0.4) is 0 Å². The predicted molar refractivity (Wildman–Crippen MR) is 179 cm³/mol. The Hall–Kier alpha value is -4.41. The first kappa shape index (κ1) is 35.4. The molecule has 4 rings (SSSR count). The van der Waals surface area contributed by atoms with E-state index in [2.05, 4.69) is 5.32 Å². The molecule has 1 saturated heterocycles. The Balaban J connectivity index is 1.67. The van der Waals surface area contributed by atoms with Crippen LogP contribution in [-0.2, 0) is 29.5 Å². The Labute approximate surface area is 277 Å². The van der Waals surface area contributed by atoms with Crippen LogP contribution in [0, 0.1) is 5.92 Å². The van der Waals surface area contributed by atoms with Crippen LogP contribution in [0.15, 0.2) is 78.9 Å². The fourth-order valence-corrected chi connectivity index (χ4v) is 6.01. The van der Waals surface area contributed by atoms with E-state index in [1.807, 2.05) is 85.9 Å². The molecule has 10 nitrogen and oxygen atoms in total. The number of hydrogen-bond acceptors (Lipinski definition) is 8. The fraction of sp³-hybridized carbons (Fsp3) is 0.432. The highest BCUT2D eigenvalue weighted by molar-refractivity contribution is 5.80. The minimum atomic E-state index is -1.06. The van der Waals surface area contributed by atoms with Gasteiger partial charge < -0.3 is 34.9 Å². The summed E-state index contributed by atoms with van der Waals surface area (Å²) in [4.78, 5) is 39.2. The monoisotopic (exact) mass is 645 g/mol. The maximum absolute atomic E-state index is 13.3. The molecule has 0 radical (unpaired) electrons. The molecule has 0 aliphatic carbocycles. The number of primary amides is 1. The van der Waals surface area contributed by atoms with Crippen LogP contribution in [0.1, 0.15) is 55.2 Å². The van der Waals surface area contributed by atoms with Crippen molar-refractivity contribution in [2.24, 2.45) is 11.7 Å². The van der Waals surface area contributed by atoms with Crippen molar-refractivity contribution in [2.75, 3.05) is 47.5 Å². The standard InChI is InChI=1S/C37H47N3O7/c1-39-23-9-5-8-12-35(42)40-24-27(33(25-40)47-36(43)22-21-34(38)41)26-46-37(28-10-6-4-7-11-28,29-13-17-31(44-2)18-14-29)30-15-19-32(45-3)20-16-30/h4,6-7,10-11,13-20,27,33,39H,5,8-9,12,21-26H2,1-3H3,(H2,38,41). The molecule has 2 amide bonds. The number of rotatable bonds is 18. The number of carbonyl (C=O) groups is 3. The summed E-state index contributed by atoms with van der Waals surface area (Å²) in [6.45, 7) is 1.72. The molecule has 1 heterocycles. The van der Waals surface area contributed by atoms with Crippen LogP contribution in [0.4, 0.5) is 0 Å². The van der Waals surface area contributed by atoms with Crippen molar-refractivity contribution < 1.29 is 33.3 Å². The van der Waals surface area contributed by atoms with Gasteiger partial charge in [0.25, 0.3) is 0 Å². The SMILES string of the molecule is CNCCCCCC(=O)N1CC(COC(c2ccccc2)(c2ccc(OC)cc2)c2ccc(OC)cc2)C(OC(=O)CCC(N)=O)C1. The summed E-state index contributed by atoms with van der Waals surface area (Å²) in [7, 11) is 5.16. The third-order valence-corrected chi connectivity index (χ3v) is 8.60. The van der Waals surface area contributed by atoms with Gasteiger partial charge in [-0.1, -0.05) is 61.0 Å². The van der Waals surface area contributed by atoms with Gasteiger partial charge in [-0.05, 0) is 67.4 Å². The Morgan fingerprint density at radius 1 is 0.787 bits per heavy atom. The number of hydrogen-bond donors (Lipinski definition) is 2. The lowest BCUT2D eigenvalue weighted by atomic mass is 9.80. The third kappa shape index (κ3) is 9.33. The Morgan fingerprint density at radius 2 is 1.38 bits per heavy atom. The fourth-order valence-electron chi connectivity index (χ4n) is 6.01. The maximum atomic E-state index is 13.3. The summed E-state index contributed by atoms with van der Waals surface area (Å²) in [5.41, 5.74) is 6.85. The van der Waals surface area contributed by atoms with Crippen LogP contribution in [0.25, 0.3) is 0 Å². The Kier molecular flexibility index (Phi) is 13.2. The third-order valence-electron chi connectivity index (χ3n) is 8.60. The van der Waals surface area contributed by atoms with E-state index < -0.39 is 23.6 Å². The molecule has 1 fully saturated rings. The van der Waals surface area contributed by atoms with Crippen LogP contribution in [-0.4, -0.2) is 76.3 Å². The Morgan fingerprint density at radius 3 is 1.94 bits per heavy atom. The molecule has 2 atom stereocenters. The Bertz CT molecular complexity index is 1380. The van der Waals surface area contributed by atoms with Crippen LogP contribution >= 0.6 is 0 Å². The summed E-state index contributed by atoms with van der Waals surface area (Å²) in [6, 6.07) is 25.5. The second kappa shape index (κ2) is 17.5. The van der Waals surface area contributed by atoms with Crippen molar-refractivity contribution in [2.45, 2.75) is 50.2 Å². The zero-order chi connectivity index (χ0) is 33.6. The number of methoxy groups -OCH3 is 2. The van der Waals surface area contributed by atoms with Crippen molar-refractivity contribution >= 4 is 17.8 Å². The number of unbranched alkanes of at least 4 members (excludes halogenated alkanes) is 2. The molecule has 0 spiro atoms. The molecule has 2 unspecified atom stereocenters. The zero-order valence-corrected chi connectivity index (χ0v) is 27.6. The lowest BCUT2D eigenvalue weighted by molar-refractivity contribution is -0.153. The first-order chi connectivity index (χ1) is 22.8. The molecule has 0 saturated carbocycles. The van der Waals surface area contributed by atoms with E-state index >= 15 is 0 Å². The molecular formula is C37H47N3O7. The summed E-state index contributed by atoms with van der Waals surface area (Å²) in [5, 5.41) is 3.13. The highest BCUT2D eigenvalue weighted by Gasteiger charge is 2.43. The van der Waals surface area contributed by atoms with E-state index in [9.17, 15) is 14.4 Å². The van der Waals surface area contributed by atoms with Gasteiger partial charge in [0.05, 0.1) is 33.8 Å². The van der Waals surface area contributed by atoms with E-state index in [0.29, 0.717) is 24.5 Å². The number of carbonyl (C=O) groups excluding carboxylic acids is 3. The van der Waals surface area contributed by atoms with E-state index in [4.69, 9.17) is 24.7 Å². The first-order valence-electron chi connectivity index (χ1n) is 16.2. The van der Waals surface area contributed by atoms with Crippen molar-refractivity contribution in [3.8, 4) is 11.5 Å². The van der Waals surface area contributed by atoms with Gasteiger partial charge >= 0.3 is 5.97 Å². The molecule has 3 aromatic rings. The number of ether oxygens (including phenoxy) is 4. The minimum absolute atomic E-state index is 0.0229. The number of amides is 2. The summed E-state index contributed by atoms with van der Waals surface area (Å²) in [5.74, 6) is 0.0263. The van der Waals surface area contributed by atoms with Crippen LogP contribution < -0.4 is 20.5 Å². The predicted octanol–water partition coefficient (Wildman–Crippen LogP) is 4.43. The molecule has 252 valence electrons. The second-order valence-electron chi connectivity index (χ2n) is 11.8. The number of likely N-dealkylation sites (tertiary alicyclic amines) is 1. The topological polar surface area (TPSA) is 129 Å². The number of nitrogens with two attached hydrogens (primary N) is 1. The zero-order valence-electron chi connectivity index (χ0n) is 27.6. The van der Waals surface area contributed by atoms with Crippen molar-refractivity contribution in [1.29, 1.82) is 0 Å². The smallest absolute Gasteiger partial charge is 0.306 e. The van der Waals surface area contributed by atoms with Gasteiger partial charge in [-0.3, -0.25) is 14.4 Å². The molecule has 3 aromatic carbocycles. The molecule has 10 heteroatoms. The van der Waals surface area contributed by atoms with E-state index in [0.717, 1.165) is 42.5 Å². The van der Waals surface area contributed by atoms with E-state index in [-0.39, 0.29) is 37.8 Å². The largest absolute Gasteiger partial charge is 0.497 e. The molecule has 47 heavy (non-hydrogen) atoms. The molecule has 1 aliphatic rings. The molecular weight excluding hydrogens is 598 g/mol. The number of nitrogens with zero attached hydrogens (tertiary/aromatic N) is 1. The molecule has 0 aromatic heterocycles. The normalized spacial score (nSPS) is 16.1. The maximum Gasteiger partial charge on any atom is 0.306 e. The van der Waals surface area contributed by atoms with Crippen molar-refractivity contribution in [3.63, 3.8) is 0 Å². The second-order valence-corrected chi connectivity index (χ2v) is 11.8. The van der Waals surface area contributed by atoms with Gasteiger partial charge in [-0.15, -0.1) is 0 Å². The molecule has 1 aliphatic heterocycles. The van der Waals surface area contributed by atoms with Crippen LogP contribution in [0.2, 0.25) is 0 Å². The van der Waals surface area contributed by atoms with Gasteiger partial charge in [0.1, 0.15) is 23.2 Å². The minimum Gasteiger partial charge on any atom is -0.497 e. The van der Waals surface area contributed by atoms with Crippen LogP contribution in [0.5, 0.6) is 11.5 Å². The van der Waals surface area contributed by atoms with E-state index in [1.54, 1.807) is 19.1 Å². The highest BCUT2D eigenvalue weighted by Crippen LogP contribution is 2.42. The van der Waals surface area contributed by atoms with Gasteiger partial charge in [0, 0.05) is 25.3 Å². The summed E-state index contributed by atoms with van der Waals surface area (Å²) >= 11 is 0. The average Bonchev–Trinajstić information content (AvgIpc) is 3.50. The van der Waals surface area contributed by atoms with E-state index in [1.165, 1.54) is 0 Å². The average molecular weight is 646 g/mol. The number of nitrogens with one attached hydrogen (secondary N) is 1. The highest BCUT2D eigenvalue weighted by atomic mass is 16.5. The van der Waals surface area contributed by atoms with Crippen molar-refractivity contribution in [3.05, 3.63) is 95.6 Å². The van der Waals surface area contributed by atoms with Gasteiger partial charge in [-0.25, -0.2) is 0 Å². The number of benzene rings is 3. The lowest BCUT2D eigenvalue weighted by Crippen LogP contribution is -2.37. The van der Waals surface area contributed by atoms with Crippen molar-refractivity contribution in [1.82, 2.24) is 10.2 Å². The summed E-state index contributed by atoms with van der Waals surface area (Å²) < 4.78 is 23.9. The molecule has 3 N–H and O–H groups in total. The quantitative estimate of drug-likeness (QED) is 0.118. The first-order valence-corrected chi connectivity index (χ1v) is 16.2. The van der Waals surface area contributed by atoms with Gasteiger partial charge in [0.2, 0.25) is 11.8 Å². The van der Waals surface area contributed by atoms with Gasteiger partial charge in [-0.2, -0.15) is 0 Å². The van der Waals surface area contributed by atoms with Gasteiger partial charge in [0.15, 0.2) is 0 Å². The lowest BCUT2D eigenvalue weighted by Gasteiger charge is -2.37.